The lowest BCUT2D eigenvalue weighted by molar-refractivity contribution is 0.629. The van der Waals surface area contributed by atoms with E-state index in [0.717, 1.165) is 4.57 Å². The average Bonchev–Trinajstić information content (AvgIpc) is 2.41. The number of rotatable bonds is 0. The minimum absolute atomic E-state index is 0.256. The monoisotopic (exact) mass is 259 g/mol. The molecular formula is C13H10FN3O2. The van der Waals surface area contributed by atoms with Crippen LogP contribution in [-0.4, -0.2) is 14.1 Å². The Kier molecular flexibility index (Phi) is 2.28. The highest BCUT2D eigenvalue weighted by atomic mass is 19.1. The first-order chi connectivity index (χ1) is 8.99. The van der Waals surface area contributed by atoms with Gasteiger partial charge in [-0.15, -0.1) is 0 Å². The third kappa shape index (κ3) is 1.56. The van der Waals surface area contributed by atoms with Crippen LogP contribution in [0.15, 0.2) is 33.9 Å². The summed E-state index contributed by atoms with van der Waals surface area (Å²) in [5, 5.41) is 0.994. The van der Waals surface area contributed by atoms with Crippen LogP contribution < -0.4 is 11.2 Å². The maximum absolute atomic E-state index is 13.2. The van der Waals surface area contributed by atoms with Gasteiger partial charge in [0.1, 0.15) is 11.5 Å². The van der Waals surface area contributed by atoms with Crippen LogP contribution in [0.25, 0.3) is 21.9 Å². The Bertz CT molecular complexity index is 940. The summed E-state index contributed by atoms with van der Waals surface area (Å²) in [4.78, 5) is 28.1. The van der Waals surface area contributed by atoms with E-state index in [1.165, 1.54) is 30.8 Å². The van der Waals surface area contributed by atoms with E-state index in [9.17, 15) is 14.0 Å². The molecule has 5 nitrogen and oxygen atoms in total. The van der Waals surface area contributed by atoms with Gasteiger partial charge in [0.15, 0.2) is 0 Å². The second-order valence-electron chi connectivity index (χ2n) is 4.40. The molecule has 0 amide bonds. The fourth-order valence-corrected chi connectivity index (χ4v) is 2.13. The molecule has 6 heteroatoms. The quantitative estimate of drug-likeness (QED) is 0.564. The van der Waals surface area contributed by atoms with Crippen molar-refractivity contribution in [2.45, 2.75) is 0 Å². The zero-order valence-corrected chi connectivity index (χ0v) is 10.3. The molecule has 0 fully saturated rings. The number of pyridine rings is 1. The molecule has 0 spiro atoms. The Hall–Kier alpha value is -2.50. The minimum atomic E-state index is -0.458. The smallest absolute Gasteiger partial charge is 0.280 e. The number of benzene rings is 1. The van der Waals surface area contributed by atoms with E-state index in [1.54, 1.807) is 12.1 Å². The molecule has 0 N–H and O–H groups in total. The number of fused-ring (bicyclic) bond motifs is 2. The number of aryl methyl sites for hydroxylation is 1. The second kappa shape index (κ2) is 3.74. The molecule has 19 heavy (non-hydrogen) atoms. The summed E-state index contributed by atoms with van der Waals surface area (Å²) >= 11 is 0. The van der Waals surface area contributed by atoms with Crippen LogP contribution in [0, 0.1) is 5.82 Å². The third-order valence-corrected chi connectivity index (χ3v) is 3.19. The van der Waals surface area contributed by atoms with Gasteiger partial charge >= 0.3 is 5.69 Å². The number of nitrogens with zero attached hydrogens (tertiary/aromatic N) is 3. The highest BCUT2D eigenvalue weighted by Crippen LogP contribution is 2.17. The van der Waals surface area contributed by atoms with Gasteiger partial charge in [0.2, 0.25) is 0 Å². The van der Waals surface area contributed by atoms with Crippen molar-refractivity contribution < 1.29 is 4.39 Å². The van der Waals surface area contributed by atoms with E-state index < -0.39 is 17.1 Å². The topological polar surface area (TPSA) is 56.9 Å². The summed E-state index contributed by atoms with van der Waals surface area (Å²) in [6, 6.07) is 5.76. The first kappa shape index (κ1) is 11.6. The van der Waals surface area contributed by atoms with Crippen molar-refractivity contribution in [3.8, 4) is 0 Å². The molecule has 96 valence electrons. The van der Waals surface area contributed by atoms with Crippen molar-refractivity contribution in [2.24, 2.45) is 14.1 Å². The number of aromatic nitrogens is 3. The summed E-state index contributed by atoms with van der Waals surface area (Å²) in [6.07, 6.45) is 0. The fourth-order valence-electron chi connectivity index (χ4n) is 2.13. The van der Waals surface area contributed by atoms with Gasteiger partial charge in [-0.05, 0) is 18.2 Å². The Labute approximate surface area is 106 Å². The van der Waals surface area contributed by atoms with Gasteiger partial charge < -0.3 is 0 Å². The predicted octanol–water partition coefficient (Wildman–Crippen LogP) is 0.924. The maximum atomic E-state index is 13.2. The van der Waals surface area contributed by atoms with Gasteiger partial charge in [-0.3, -0.25) is 13.9 Å². The van der Waals surface area contributed by atoms with Gasteiger partial charge in [0.05, 0.1) is 10.9 Å². The zero-order chi connectivity index (χ0) is 13.7. The van der Waals surface area contributed by atoms with Crippen molar-refractivity contribution in [1.82, 2.24) is 14.1 Å². The van der Waals surface area contributed by atoms with E-state index in [2.05, 4.69) is 4.98 Å². The average molecular weight is 259 g/mol. The Morgan fingerprint density at radius 2 is 1.84 bits per heavy atom. The van der Waals surface area contributed by atoms with Crippen LogP contribution in [0.3, 0.4) is 0 Å². The van der Waals surface area contributed by atoms with Crippen LogP contribution in [-0.2, 0) is 14.1 Å². The highest BCUT2D eigenvalue weighted by Gasteiger charge is 2.11. The van der Waals surface area contributed by atoms with Crippen LogP contribution in [0.4, 0.5) is 4.39 Å². The molecule has 0 bridgehead atoms. The molecule has 0 aliphatic heterocycles. The summed E-state index contributed by atoms with van der Waals surface area (Å²) in [5.74, 6) is -0.409. The first-order valence-corrected chi connectivity index (χ1v) is 5.65. The molecule has 2 heterocycles. The van der Waals surface area contributed by atoms with Crippen molar-refractivity contribution in [3.63, 3.8) is 0 Å². The summed E-state index contributed by atoms with van der Waals surface area (Å²) in [5.41, 5.74) is -0.195. The largest absolute Gasteiger partial charge is 0.332 e. The van der Waals surface area contributed by atoms with Crippen LogP contribution >= 0.6 is 0 Å². The molecule has 0 radical (unpaired) electrons. The van der Waals surface area contributed by atoms with Gasteiger partial charge in [0.25, 0.3) is 5.56 Å². The molecule has 0 aliphatic rings. The van der Waals surface area contributed by atoms with E-state index >= 15 is 0 Å². The fraction of sp³-hybridized carbons (Fsp3) is 0.154. The summed E-state index contributed by atoms with van der Waals surface area (Å²) in [6.45, 7) is 0. The van der Waals surface area contributed by atoms with Crippen LogP contribution in [0.1, 0.15) is 0 Å². The van der Waals surface area contributed by atoms with Crippen molar-refractivity contribution >= 4 is 21.9 Å². The summed E-state index contributed by atoms with van der Waals surface area (Å²) < 4.78 is 15.5. The molecule has 2 aromatic heterocycles. The molecule has 1 aromatic carbocycles. The SMILES string of the molecule is Cn1c(=O)c2cc3ccc(F)cc3nc2n(C)c1=O. The van der Waals surface area contributed by atoms with Gasteiger partial charge in [-0.1, -0.05) is 0 Å². The maximum Gasteiger partial charge on any atom is 0.332 e. The van der Waals surface area contributed by atoms with Crippen LogP contribution in [0.2, 0.25) is 0 Å². The molecule has 0 unspecified atom stereocenters. The standard InChI is InChI=1S/C13H10FN3O2/c1-16-11-9(12(18)17(2)13(16)19)5-7-3-4-8(14)6-10(7)15-11/h3-6H,1-2H3. The third-order valence-electron chi connectivity index (χ3n) is 3.19. The highest BCUT2D eigenvalue weighted by molar-refractivity contribution is 5.90. The molecule has 3 aromatic rings. The normalized spacial score (nSPS) is 11.3. The zero-order valence-electron chi connectivity index (χ0n) is 10.3. The van der Waals surface area contributed by atoms with Crippen molar-refractivity contribution in [1.29, 1.82) is 0 Å². The lowest BCUT2D eigenvalue weighted by Crippen LogP contribution is -2.37. The molecule has 3 rings (SSSR count). The predicted molar refractivity (Wildman–Crippen MR) is 69.7 cm³/mol. The van der Waals surface area contributed by atoms with E-state index in [4.69, 9.17) is 0 Å². The molecule has 0 saturated heterocycles. The Morgan fingerprint density at radius 3 is 2.58 bits per heavy atom. The second-order valence-corrected chi connectivity index (χ2v) is 4.40. The number of hydrogen-bond acceptors (Lipinski definition) is 3. The van der Waals surface area contributed by atoms with E-state index in [1.807, 2.05) is 0 Å². The molecule has 0 atom stereocenters. The number of hydrogen-bond donors (Lipinski definition) is 0. The molecular weight excluding hydrogens is 249 g/mol. The Balaban J connectivity index is 2.63. The van der Waals surface area contributed by atoms with E-state index in [0.29, 0.717) is 16.3 Å². The van der Waals surface area contributed by atoms with Crippen molar-refractivity contribution in [3.05, 3.63) is 50.9 Å². The lowest BCUT2D eigenvalue weighted by Gasteiger charge is -2.07. The lowest BCUT2D eigenvalue weighted by atomic mass is 10.2. The Morgan fingerprint density at radius 1 is 1.11 bits per heavy atom. The van der Waals surface area contributed by atoms with E-state index in [-0.39, 0.29) is 5.65 Å². The van der Waals surface area contributed by atoms with Crippen LogP contribution in [0.5, 0.6) is 0 Å². The summed E-state index contributed by atoms with van der Waals surface area (Å²) in [7, 11) is 2.95. The van der Waals surface area contributed by atoms with Gasteiger partial charge in [-0.2, -0.15) is 0 Å². The van der Waals surface area contributed by atoms with Gasteiger partial charge in [0, 0.05) is 25.5 Å². The molecule has 0 saturated carbocycles. The first-order valence-electron chi connectivity index (χ1n) is 5.65. The minimum Gasteiger partial charge on any atom is -0.280 e. The van der Waals surface area contributed by atoms with Crippen molar-refractivity contribution in [2.75, 3.05) is 0 Å². The van der Waals surface area contributed by atoms with Gasteiger partial charge in [-0.25, -0.2) is 14.2 Å². The molecule has 0 aliphatic carbocycles. The number of halogens is 1.